The van der Waals surface area contributed by atoms with Gasteiger partial charge in [-0.2, -0.15) is 0 Å². The molecule has 6 nitrogen and oxygen atoms in total. The lowest BCUT2D eigenvalue weighted by molar-refractivity contribution is 1.23. The SMILES string of the molecule is Cc1ccc(-c2nc3c4nc(-c5ccc(C)c(C)c5)c(-c5ccc(C)c(C)c5)nc4c4nc(-c5ccc(C)c(C)c5)c(-c5ccc(C)c(C)c5)nc4c3nc2-c2ccc(C)c(C)c2)cc1C. The summed E-state index contributed by atoms with van der Waals surface area (Å²) in [6.07, 6.45) is 0. The Morgan fingerprint density at radius 1 is 0.182 bits per heavy atom. The van der Waals surface area contributed by atoms with Gasteiger partial charge in [0, 0.05) is 33.4 Å². The van der Waals surface area contributed by atoms with Crippen LogP contribution in [-0.4, -0.2) is 29.9 Å². The van der Waals surface area contributed by atoms with E-state index in [1.165, 1.54) is 66.8 Å². The summed E-state index contributed by atoms with van der Waals surface area (Å²) in [6.45, 7) is 25.8. The van der Waals surface area contributed by atoms with E-state index >= 15 is 0 Å². The highest BCUT2D eigenvalue weighted by molar-refractivity contribution is 6.20. The monoisotopic (exact) mass is 858 g/mol. The Hall–Kier alpha value is -7.44. The fourth-order valence-corrected chi connectivity index (χ4v) is 8.84. The number of fused-ring (bicyclic) bond motifs is 6. The summed E-state index contributed by atoms with van der Waals surface area (Å²) in [5, 5.41) is 0. The van der Waals surface area contributed by atoms with Crippen LogP contribution in [0.1, 0.15) is 66.8 Å². The Morgan fingerprint density at radius 3 is 0.439 bits per heavy atom. The van der Waals surface area contributed by atoms with Crippen LogP contribution in [-0.2, 0) is 0 Å². The lowest BCUT2D eigenvalue weighted by atomic mass is 9.96. The summed E-state index contributed by atoms with van der Waals surface area (Å²) in [6, 6.07) is 39.3. The maximum Gasteiger partial charge on any atom is 0.120 e. The fourth-order valence-electron chi connectivity index (χ4n) is 8.84. The Labute approximate surface area is 388 Å². The van der Waals surface area contributed by atoms with Crippen LogP contribution >= 0.6 is 0 Å². The second kappa shape index (κ2) is 16.2. The zero-order valence-electron chi connectivity index (χ0n) is 40.1. The third-order valence-electron chi connectivity index (χ3n) is 14.0. The largest absolute Gasteiger partial charge is 0.241 e. The van der Waals surface area contributed by atoms with Crippen molar-refractivity contribution in [3.05, 3.63) is 176 Å². The number of rotatable bonds is 6. The number of hydrogen-bond acceptors (Lipinski definition) is 6. The van der Waals surface area contributed by atoms with Gasteiger partial charge in [-0.3, -0.25) is 0 Å². The fraction of sp³-hybridized carbons (Fsp3) is 0.200. The topological polar surface area (TPSA) is 77.3 Å². The first-order valence-electron chi connectivity index (χ1n) is 22.9. The van der Waals surface area contributed by atoms with Crippen LogP contribution in [0.4, 0.5) is 0 Å². The van der Waals surface area contributed by atoms with E-state index in [1.807, 2.05) is 0 Å². The van der Waals surface area contributed by atoms with E-state index in [0.29, 0.717) is 33.1 Å². The highest BCUT2D eigenvalue weighted by Crippen LogP contribution is 2.42. The maximum atomic E-state index is 5.71. The van der Waals surface area contributed by atoms with E-state index in [0.717, 1.165) is 67.5 Å². The summed E-state index contributed by atoms with van der Waals surface area (Å²) < 4.78 is 0. The minimum absolute atomic E-state index is 0.627. The van der Waals surface area contributed by atoms with Gasteiger partial charge < -0.3 is 0 Å². The van der Waals surface area contributed by atoms with Crippen molar-refractivity contribution in [2.45, 2.75) is 83.1 Å². The van der Waals surface area contributed by atoms with Crippen molar-refractivity contribution in [2.24, 2.45) is 0 Å². The van der Waals surface area contributed by atoms with Crippen LogP contribution in [0, 0.1) is 83.1 Å². The average molecular weight is 859 g/mol. The Balaban J connectivity index is 1.44. The molecule has 3 heterocycles. The van der Waals surface area contributed by atoms with Gasteiger partial charge in [0.05, 0.1) is 34.2 Å². The van der Waals surface area contributed by atoms with Gasteiger partial charge in [0.25, 0.3) is 0 Å². The van der Waals surface area contributed by atoms with Gasteiger partial charge in [-0.15, -0.1) is 0 Å². The predicted molar refractivity (Wildman–Crippen MR) is 275 cm³/mol. The average Bonchev–Trinajstić information content (AvgIpc) is 3.30. The van der Waals surface area contributed by atoms with Crippen molar-refractivity contribution < 1.29 is 0 Å². The zero-order valence-corrected chi connectivity index (χ0v) is 40.1. The van der Waals surface area contributed by atoms with E-state index < -0.39 is 0 Å². The third-order valence-corrected chi connectivity index (χ3v) is 14.0. The van der Waals surface area contributed by atoms with E-state index in [2.05, 4.69) is 192 Å². The molecule has 324 valence electrons. The first-order chi connectivity index (χ1) is 31.6. The Kier molecular flexibility index (Phi) is 10.4. The second-order valence-corrected chi connectivity index (χ2v) is 18.6. The number of aryl methyl sites for hydroxylation is 12. The molecule has 0 saturated carbocycles. The highest BCUT2D eigenvalue weighted by atomic mass is 14.9. The van der Waals surface area contributed by atoms with Crippen LogP contribution in [0.25, 0.3) is 101 Å². The molecule has 0 aliphatic rings. The standard InChI is InChI=1S/C60H54N6/c1-31-13-19-43(25-37(31)7)49-50(44-20-14-32(2)38(8)26-44)62-56-55(61-49)57-59(65-52(46-22-16-34(4)40(10)28-46)51(63-57)45-21-15-33(3)39(9)27-45)60-58(56)64-53(47-23-17-35(5)41(11)29-47)54(66-60)48-24-18-36(6)42(12)30-48/h13-30H,1-12H3. The molecule has 3 aromatic heterocycles. The molecule has 0 amide bonds. The first-order valence-corrected chi connectivity index (χ1v) is 22.9. The normalized spacial score (nSPS) is 11.6. The van der Waals surface area contributed by atoms with Gasteiger partial charge in [0.1, 0.15) is 33.1 Å². The van der Waals surface area contributed by atoms with Crippen molar-refractivity contribution in [3.63, 3.8) is 0 Å². The minimum atomic E-state index is 0.627. The number of aromatic nitrogens is 6. The quantitative estimate of drug-likeness (QED) is 0.155. The van der Waals surface area contributed by atoms with Crippen LogP contribution in [0.15, 0.2) is 109 Å². The first kappa shape index (κ1) is 42.5. The number of nitrogens with zero attached hydrogens (tertiary/aromatic N) is 6. The summed E-state index contributed by atoms with van der Waals surface area (Å²) in [7, 11) is 0. The van der Waals surface area contributed by atoms with Gasteiger partial charge in [0.2, 0.25) is 0 Å². The number of hydrogen-bond donors (Lipinski definition) is 0. The molecule has 0 unspecified atom stereocenters. The molecule has 0 N–H and O–H groups in total. The Morgan fingerprint density at radius 2 is 0.318 bits per heavy atom. The molecule has 0 bridgehead atoms. The van der Waals surface area contributed by atoms with Crippen molar-refractivity contribution in [1.82, 2.24) is 29.9 Å². The molecule has 0 aliphatic carbocycles. The van der Waals surface area contributed by atoms with Crippen molar-refractivity contribution in [2.75, 3.05) is 0 Å². The molecule has 10 aromatic rings. The number of benzene rings is 7. The summed E-state index contributed by atoms with van der Waals surface area (Å²) in [5.74, 6) is 0. The second-order valence-electron chi connectivity index (χ2n) is 18.6. The highest BCUT2D eigenvalue weighted by Gasteiger charge is 2.26. The molecular formula is C60H54N6. The van der Waals surface area contributed by atoms with Crippen molar-refractivity contribution in [1.29, 1.82) is 0 Å². The molecule has 6 heteroatoms. The molecule has 0 radical (unpaired) electrons. The van der Waals surface area contributed by atoms with E-state index in [9.17, 15) is 0 Å². The van der Waals surface area contributed by atoms with Gasteiger partial charge >= 0.3 is 0 Å². The van der Waals surface area contributed by atoms with E-state index in [4.69, 9.17) is 29.9 Å². The molecular weight excluding hydrogens is 805 g/mol. The maximum absolute atomic E-state index is 5.71. The summed E-state index contributed by atoms with van der Waals surface area (Å²) in [4.78, 5) is 34.3. The van der Waals surface area contributed by atoms with Crippen molar-refractivity contribution >= 4 is 33.1 Å². The lowest BCUT2D eigenvalue weighted by Gasteiger charge is -2.18. The zero-order chi connectivity index (χ0) is 46.3. The molecule has 0 fully saturated rings. The van der Waals surface area contributed by atoms with Gasteiger partial charge in [-0.25, -0.2) is 29.9 Å². The van der Waals surface area contributed by atoms with Crippen LogP contribution < -0.4 is 0 Å². The molecule has 0 spiro atoms. The van der Waals surface area contributed by atoms with Crippen molar-refractivity contribution in [3.8, 4) is 67.5 Å². The van der Waals surface area contributed by atoms with E-state index in [1.54, 1.807) is 0 Å². The smallest absolute Gasteiger partial charge is 0.120 e. The van der Waals surface area contributed by atoms with Crippen LogP contribution in [0.3, 0.4) is 0 Å². The molecule has 7 aromatic carbocycles. The molecule has 0 aliphatic heterocycles. The third kappa shape index (κ3) is 7.31. The molecule has 0 saturated heterocycles. The van der Waals surface area contributed by atoms with Gasteiger partial charge in [-0.1, -0.05) is 72.8 Å². The van der Waals surface area contributed by atoms with Gasteiger partial charge in [0.15, 0.2) is 0 Å². The minimum Gasteiger partial charge on any atom is -0.241 e. The lowest BCUT2D eigenvalue weighted by Crippen LogP contribution is -2.05. The van der Waals surface area contributed by atoms with Crippen LogP contribution in [0.5, 0.6) is 0 Å². The molecule has 66 heavy (non-hydrogen) atoms. The Bertz CT molecular complexity index is 3020. The summed E-state index contributed by atoms with van der Waals surface area (Å²) >= 11 is 0. The predicted octanol–water partition coefficient (Wildman–Crippen LogP) is 15.2. The van der Waals surface area contributed by atoms with Crippen LogP contribution in [0.2, 0.25) is 0 Å². The van der Waals surface area contributed by atoms with Gasteiger partial charge in [-0.05, 0) is 186 Å². The molecule has 0 atom stereocenters. The van der Waals surface area contributed by atoms with E-state index in [-0.39, 0.29) is 0 Å². The molecule has 10 rings (SSSR count). The summed E-state index contributed by atoms with van der Waals surface area (Å²) in [5.41, 5.74) is 28.7.